The molecular weight excluding hydrogens is 680 g/mol. The van der Waals surface area contributed by atoms with Crippen molar-refractivity contribution in [1.29, 1.82) is 0 Å². The van der Waals surface area contributed by atoms with Crippen LogP contribution in [0.1, 0.15) is 37.1 Å². The molecule has 1 aliphatic heterocycles. The van der Waals surface area contributed by atoms with E-state index in [0.29, 0.717) is 23.1 Å². The quantitative estimate of drug-likeness (QED) is 0.114. The van der Waals surface area contributed by atoms with E-state index >= 15 is 0 Å². The van der Waals surface area contributed by atoms with Gasteiger partial charge in [0.1, 0.15) is 23.0 Å². The first-order valence-corrected chi connectivity index (χ1v) is 16.0. The van der Waals surface area contributed by atoms with E-state index in [-0.39, 0.29) is 22.3 Å². The molecule has 3 rings (SSSR count). The summed E-state index contributed by atoms with van der Waals surface area (Å²) in [6, 6.07) is 9.42. The Balaban J connectivity index is 2.57. The van der Waals surface area contributed by atoms with E-state index < -0.39 is 60.4 Å². The third-order valence-corrected chi connectivity index (χ3v) is 8.65. The largest absolute Gasteiger partial charge is 0.534 e. The highest BCUT2D eigenvalue weighted by molar-refractivity contribution is 7.88. The maximum atomic E-state index is 13.5. The van der Waals surface area contributed by atoms with Crippen molar-refractivity contribution < 1.29 is 61.0 Å². The highest BCUT2D eigenvalue weighted by Gasteiger charge is 2.51. The Kier molecular flexibility index (Phi) is 11.0. The van der Waals surface area contributed by atoms with Crippen molar-refractivity contribution in [3.63, 3.8) is 0 Å². The van der Waals surface area contributed by atoms with Gasteiger partial charge in [0.25, 0.3) is 0 Å². The molecule has 256 valence electrons. The second-order valence-electron chi connectivity index (χ2n) is 9.75. The summed E-state index contributed by atoms with van der Waals surface area (Å²) in [5, 5.41) is 3.09. The normalized spacial score (nSPS) is 19.1. The average Bonchev–Trinajstić information content (AvgIpc) is 3.00. The molecule has 0 aliphatic carbocycles. The molecule has 0 fully saturated rings. The first kappa shape index (κ1) is 37.2. The van der Waals surface area contributed by atoms with Gasteiger partial charge in [-0.05, 0) is 67.0 Å². The SMILES string of the molecule is C=C/C(OS(=O)(=O)C(F)(F)F)=C1C(C(=C)C)=C(/C(=C\C)OS(=O)(=O)C(F)(F)F)[C@H](c2ccc(OC)cc2)NC\1c1ccc(OC)cc1. The van der Waals surface area contributed by atoms with Crippen LogP contribution in [-0.2, 0) is 28.6 Å². The summed E-state index contributed by atoms with van der Waals surface area (Å²) in [5.74, 6) is -1.11. The van der Waals surface area contributed by atoms with Gasteiger partial charge < -0.3 is 17.8 Å². The van der Waals surface area contributed by atoms with Gasteiger partial charge in [0.05, 0.1) is 26.3 Å². The second-order valence-corrected chi connectivity index (χ2v) is 12.8. The molecule has 1 heterocycles. The summed E-state index contributed by atoms with van der Waals surface area (Å²) in [7, 11) is -9.85. The molecule has 0 bridgehead atoms. The number of hydrogen-bond acceptors (Lipinski definition) is 9. The Morgan fingerprint density at radius 1 is 0.787 bits per heavy atom. The molecule has 0 radical (unpaired) electrons. The first-order valence-electron chi connectivity index (χ1n) is 13.2. The summed E-state index contributed by atoms with van der Waals surface area (Å²) in [6.45, 7) is 9.73. The minimum absolute atomic E-state index is 0.0479. The Morgan fingerprint density at radius 2 is 1.21 bits per heavy atom. The lowest BCUT2D eigenvalue weighted by molar-refractivity contribution is -0.0524. The molecular formula is C30H29F6NO8S2. The van der Waals surface area contributed by atoms with Gasteiger partial charge in [-0.3, -0.25) is 5.32 Å². The molecule has 17 heteroatoms. The van der Waals surface area contributed by atoms with Gasteiger partial charge in [0.2, 0.25) is 0 Å². The number of nitrogens with one attached hydrogen (secondary N) is 1. The molecule has 0 amide bonds. The number of methoxy groups -OCH3 is 2. The molecule has 1 unspecified atom stereocenters. The van der Waals surface area contributed by atoms with Gasteiger partial charge in [0, 0.05) is 11.1 Å². The number of hydrogen-bond donors (Lipinski definition) is 1. The maximum absolute atomic E-state index is 13.5. The fraction of sp³-hybridized carbons (Fsp3) is 0.267. The number of allylic oxidation sites excluding steroid dienone is 3. The van der Waals surface area contributed by atoms with Crippen LogP contribution in [0, 0.1) is 0 Å². The average molecular weight is 710 g/mol. The molecule has 2 atom stereocenters. The minimum atomic E-state index is -6.32. The fourth-order valence-electron chi connectivity index (χ4n) is 4.64. The number of rotatable bonds is 11. The molecule has 1 N–H and O–H groups in total. The number of halogens is 6. The third kappa shape index (κ3) is 7.85. The van der Waals surface area contributed by atoms with Gasteiger partial charge in [-0.25, -0.2) is 0 Å². The van der Waals surface area contributed by atoms with E-state index in [1.807, 2.05) is 0 Å². The standard InChI is InChI=1S/C30H29F6NO8S2/c1-7-22(44-46(38,39)29(31,32)33)25-24(17(3)4)26(23(8-2)45-47(40,41)30(34,35)36)28(19-11-15-21(43-6)16-12-19)37-27(25)18-9-13-20(42-5)14-10-18/h7-16,27-28,37H,1,3H2,2,4-6H3/b23-8+,25-22-/t27?,28-/m0/s1. The molecule has 0 aromatic heterocycles. The smallest absolute Gasteiger partial charge is 0.497 e. The predicted octanol–water partition coefficient (Wildman–Crippen LogP) is 7.04. The van der Waals surface area contributed by atoms with E-state index in [1.165, 1.54) is 69.7 Å². The van der Waals surface area contributed by atoms with Crippen LogP contribution in [0.5, 0.6) is 11.5 Å². The topological polar surface area (TPSA) is 117 Å². The van der Waals surface area contributed by atoms with Gasteiger partial charge in [-0.2, -0.15) is 43.2 Å². The van der Waals surface area contributed by atoms with Crippen LogP contribution in [0.4, 0.5) is 26.3 Å². The van der Waals surface area contributed by atoms with Crippen molar-refractivity contribution in [2.75, 3.05) is 14.2 Å². The monoisotopic (exact) mass is 709 g/mol. The predicted molar refractivity (Wildman–Crippen MR) is 160 cm³/mol. The Bertz CT molecular complexity index is 1830. The Hall–Kier alpha value is -4.22. The molecule has 47 heavy (non-hydrogen) atoms. The Morgan fingerprint density at radius 3 is 1.57 bits per heavy atom. The van der Waals surface area contributed by atoms with E-state index in [2.05, 4.69) is 26.8 Å². The van der Waals surface area contributed by atoms with Gasteiger partial charge >= 0.3 is 31.3 Å². The van der Waals surface area contributed by atoms with Gasteiger partial charge in [-0.1, -0.05) is 43.0 Å². The molecule has 0 saturated heterocycles. The molecule has 0 spiro atoms. The lowest BCUT2D eigenvalue weighted by Gasteiger charge is -2.39. The summed E-state index contributed by atoms with van der Waals surface area (Å²) in [6.07, 6.45) is 1.56. The highest BCUT2D eigenvalue weighted by Crippen LogP contribution is 2.49. The lowest BCUT2D eigenvalue weighted by Crippen LogP contribution is -2.38. The zero-order chi connectivity index (χ0) is 35.5. The zero-order valence-corrected chi connectivity index (χ0v) is 26.8. The van der Waals surface area contributed by atoms with E-state index in [4.69, 9.17) is 9.47 Å². The minimum Gasteiger partial charge on any atom is -0.497 e. The summed E-state index contributed by atoms with van der Waals surface area (Å²) >= 11 is 0. The number of ether oxygens (including phenoxy) is 2. The van der Waals surface area contributed by atoms with Crippen LogP contribution in [0.15, 0.2) is 108 Å². The molecule has 9 nitrogen and oxygen atoms in total. The van der Waals surface area contributed by atoms with Crippen molar-refractivity contribution in [3.8, 4) is 11.5 Å². The molecule has 2 aromatic carbocycles. The van der Waals surface area contributed by atoms with Gasteiger partial charge in [0.15, 0.2) is 0 Å². The van der Waals surface area contributed by atoms with E-state index in [9.17, 15) is 43.2 Å². The molecule has 2 aromatic rings. The fourth-order valence-corrected chi connectivity index (χ4v) is 5.65. The van der Waals surface area contributed by atoms with Crippen molar-refractivity contribution >= 4 is 20.2 Å². The van der Waals surface area contributed by atoms with Crippen LogP contribution in [-0.4, -0.2) is 42.1 Å². The first-order chi connectivity index (χ1) is 21.7. The van der Waals surface area contributed by atoms with Crippen LogP contribution in [0.3, 0.4) is 0 Å². The van der Waals surface area contributed by atoms with Crippen molar-refractivity contribution in [2.45, 2.75) is 36.9 Å². The van der Waals surface area contributed by atoms with Crippen molar-refractivity contribution in [3.05, 3.63) is 119 Å². The molecule has 1 aliphatic rings. The van der Waals surface area contributed by atoms with Crippen LogP contribution >= 0.6 is 0 Å². The van der Waals surface area contributed by atoms with E-state index in [0.717, 1.165) is 13.0 Å². The van der Waals surface area contributed by atoms with Crippen LogP contribution in [0.2, 0.25) is 0 Å². The third-order valence-electron chi connectivity index (χ3n) is 6.72. The Labute approximate surface area is 267 Å². The number of benzene rings is 2. The summed E-state index contributed by atoms with van der Waals surface area (Å²) in [4.78, 5) is 0. The highest BCUT2D eigenvalue weighted by atomic mass is 32.2. The summed E-state index contributed by atoms with van der Waals surface area (Å²) in [5.41, 5.74) is -12.2. The van der Waals surface area contributed by atoms with Crippen molar-refractivity contribution in [2.24, 2.45) is 0 Å². The number of alkyl halides is 6. The second kappa shape index (κ2) is 13.9. The molecule has 0 saturated carbocycles. The maximum Gasteiger partial charge on any atom is 0.534 e. The van der Waals surface area contributed by atoms with Crippen molar-refractivity contribution in [1.82, 2.24) is 5.32 Å². The van der Waals surface area contributed by atoms with Crippen LogP contribution in [0.25, 0.3) is 0 Å². The van der Waals surface area contributed by atoms with E-state index in [1.54, 1.807) is 0 Å². The van der Waals surface area contributed by atoms with Crippen LogP contribution < -0.4 is 14.8 Å². The lowest BCUT2D eigenvalue weighted by atomic mass is 9.77. The zero-order valence-electron chi connectivity index (χ0n) is 25.2. The summed E-state index contributed by atoms with van der Waals surface area (Å²) < 4.78 is 150. The van der Waals surface area contributed by atoms with Gasteiger partial charge in [-0.15, -0.1) is 0 Å².